The van der Waals surface area contributed by atoms with Crippen molar-refractivity contribution in [2.45, 2.75) is 19.8 Å². The minimum atomic E-state index is -0.607. The topological polar surface area (TPSA) is 84.0 Å². The SMILES string of the molecule is Cc1c(Cl)cccc1N1C[C@H](C(=O)Oc2ccc(N3C(=O)[C@@H]4[C@H]5C=C[C@@H]([C@@H]6C[C@@H]56)[C@@H]4C3=O)cc2)CC1=O. The number of halogens is 1. The van der Waals surface area contributed by atoms with Crippen molar-refractivity contribution in [3.63, 3.8) is 0 Å². The summed E-state index contributed by atoms with van der Waals surface area (Å²) in [6, 6.07) is 11.8. The van der Waals surface area contributed by atoms with E-state index in [1.54, 1.807) is 41.3 Å². The van der Waals surface area contributed by atoms with Gasteiger partial charge in [0.1, 0.15) is 5.75 Å². The third-order valence-corrected chi connectivity index (χ3v) is 9.37. The van der Waals surface area contributed by atoms with Gasteiger partial charge in [0.25, 0.3) is 0 Å². The number of amides is 3. The first kappa shape index (κ1) is 22.7. The molecule has 8 rings (SSSR count). The minimum absolute atomic E-state index is 0.0563. The van der Waals surface area contributed by atoms with Gasteiger partial charge in [-0.1, -0.05) is 29.8 Å². The van der Waals surface area contributed by atoms with Gasteiger partial charge in [-0.15, -0.1) is 0 Å². The second-order valence-corrected chi connectivity index (χ2v) is 11.3. The average Bonchev–Trinajstić information content (AvgIpc) is 3.57. The number of carbonyl (C=O) groups excluding carboxylic acids is 4. The molecule has 0 radical (unpaired) electrons. The van der Waals surface area contributed by atoms with Gasteiger partial charge in [0.05, 0.1) is 23.4 Å². The Kier molecular flexibility index (Phi) is 4.93. The number of benzene rings is 2. The molecule has 0 spiro atoms. The largest absolute Gasteiger partial charge is 0.426 e. The molecule has 4 aliphatic carbocycles. The maximum absolute atomic E-state index is 13.3. The number of nitrogens with zero attached hydrogens (tertiary/aromatic N) is 2. The summed E-state index contributed by atoms with van der Waals surface area (Å²) in [7, 11) is 0. The molecule has 7 nitrogen and oxygen atoms in total. The van der Waals surface area contributed by atoms with E-state index >= 15 is 0 Å². The van der Waals surface area contributed by atoms with Gasteiger partial charge in [-0.2, -0.15) is 0 Å². The molecule has 2 aromatic carbocycles. The van der Waals surface area contributed by atoms with Crippen LogP contribution < -0.4 is 14.5 Å². The van der Waals surface area contributed by atoms with Crippen LogP contribution in [-0.2, 0) is 19.2 Å². The van der Waals surface area contributed by atoms with E-state index in [1.807, 2.05) is 13.0 Å². The predicted molar refractivity (Wildman–Crippen MR) is 136 cm³/mol. The number of ether oxygens (including phenoxy) is 1. The van der Waals surface area contributed by atoms with E-state index in [-0.39, 0.29) is 54.4 Å². The Labute approximate surface area is 219 Å². The molecule has 4 fully saturated rings. The maximum Gasteiger partial charge on any atom is 0.316 e. The maximum atomic E-state index is 13.3. The molecule has 188 valence electrons. The van der Waals surface area contributed by atoms with Crippen LogP contribution in [0.2, 0.25) is 5.02 Å². The molecule has 3 amide bonds. The zero-order valence-corrected chi connectivity index (χ0v) is 20.9. The molecule has 7 atom stereocenters. The monoisotopic (exact) mass is 516 g/mol. The lowest BCUT2D eigenvalue weighted by atomic mass is 9.63. The van der Waals surface area contributed by atoms with Crippen molar-refractivity contribution >= 4 is 46.7 Å². The zero-order chi connectivity index (χ0) is 25.6. The lowest BCUT2D eigenvalue weighted by molar-refractivity contribution is -0.139. The number of hydrogen-bond acceptors (Lipinski definition) is 5. The highest BCUT2D eigenvalue weighted by atomic mass is 35.5. The van der Waals surface area contributed by atoms with Crippen LogP contribution in [0.25, 0.3) is 0 Å². The van der Waals surface area contributed by atoms with E-state index < -0.39 is 11.9 Å². The van der Waals surface area contributed by atoms with Crippen molar-refractivity contribution in [3.8, 4) is 5.75 Å². The van der Waals surface area contributed by atoms with Crippen LogP contribution in [0.1, 0.15) is 18.4 Å². The van der Waals surface area contributed by atoms with E-state index in [9.17, 15) is 19.2 Å². The number of allylic oxidation sites excluding steroid dienone is 2. The van der Waals surface area contributed by atoms with Gasteiger partial charge >= 0.3 is 5.97 Å². The van der Waals surface area contributed by atoms with E-state index in [2.05, 4.69) is 12.2 Å². The number of esters is 1. The number of hydrogen-bond donors (Lipinski definition) is 0. The first-order chi connectivity index (χ1) is 17.8. The molecule has 2 bridgehead atoms. The number of carbonyl (C=O) groups is 4. The summed E-state index contributed by atoms with van der Waals surface area (Å²) in [5.74, 6) is -0.257. The van der Waals surface area contributed by atoms with Crippen LogP contribution in [0.4, 0.5) is 11.4 Å². The van der Waals surface area contributed by atoms with E-state index in [4.69, 9.17) is 16.3 Å². The Morgan fingerprint density at radius 1 is 0.946 bits per heavy atom. The van der Waals surface area contributed by atoms with E-state index in [1.165, 1.54) is 4.90 Å². The summed E-state index contributed by atoms with van der Waals surface area (Å²) in [4.78, 5) is 55.0. The van der Waals surface area contributed by atoms with Crippen LogP contribution in [0.5, 0.6) is 5.75 Å². The molecule has 37 heavy (non-hydrogen) atoms. The first-order valence-corrected chi connectivity index (χ1v) is 13.1. The summed E-state index contributed by atoms with van der Waals surface area (Å²) in [5, 5.41) is 0.561. The van der Waals surface area contributed by atoms with Gasteiger partial charge in [0.2, 0.25) is 17.7 Å². The molecule has 0 unspecified atom stereocenters. The highest BCUT2D eigenvalue weighted by Crippen LogP contribution is 2.65. The molecular formula is C29H25ClN2O5. The Bertz CT molecular complexity index is 1370. The third kappa shape index (κ3) is 3.33. The second kappa shape index (κ2) is 8.02. The Hall–Kier alpha value is -3.45. The molecule has 2 aromatic rings. The summed E-state index contributed by atoms with van der Waals surface area (Å²) < 4.78 is 5.57. The van der Waals surface area contributed by atoms with Gasteiger partial charge in [-0.05, 0) is 79.0 Å². The summed E-state index contributed by atoms with van der Waals surface area (Å²) in [6.45, 7) is 2.06. The standard InChI is InChI=1S/C29H25ClN2O5/c1-14-22(30)3-2-4-23(14)31-13-15(11-24(31)33)29(36)37-17-7-5-16(6-8-17)32-27(34)25-18-9-10-19(21-12-20(18)21)26(25)28(32)35/h2-10,15,18-21,25-26H,11-13H2,1H3/t15-,18+,19+,20+,21+,25-,26+/m1/s1. The summed E-state index contributed by atoms with van der Waals surface area (Å²) >= 11 is 6.21. The fraction of sp³-hybridized carbons (Fsp3) is 0.379. The fourth-order valence-electron chi connectivity index (χ4n) is 7.06. The molecule has 8 heteroatoms. The van der Waals surface area contributed by atoms with Crippen molar-refractivity contribution in [2.24, 2.45) is 41.4 Å². The first-order valence-electron chi connectivity index (χ1n) is 12.8. The molecule has 0 N–H and O–H groups in total. The minimum Gasteiger partial charge on any atom is -0.426 e. The molecule has 2 saturated heterocycles. The molecule has 2 aliphatic heterocycles. The van der Waals surface area contributed by atoms with Gasteiger partial charge in [-0.3, -0.25) is 24.1 Å². The van der Waals surface area contributed by atoms with Crippen LogP contribution in [0, 0.1) is 48.3 Å². The van der Waals surface area contributed by atoms with Gasteiger partial charge in [-0.25, -0.2) is 0 Å². The van der Waals surface area contributed by atoms with Crippen molar-refractivity contribution in [1.29, 1.82) is 0 Å². The molecule has 2 heterocycles. The summed E-state index contributed by atoms with van der Waals surface area (Å²) in [6.07, 6.45) is 5.49. The van der Waals surface area contributed by atoms with Crippen LogP contribution in [0.15, 0.2) is 54.6 Å². The average molecular weight is 517 g/mol. The van der Waals surface area contributed by atoms with Crippen molar-refractivity contribution in [1.82, 2.24) is 0 Å². The lowest BCUT2D eigenvalue weighted by Gasteiger charge is -2.37. The van der Waals surface area contributed by atoms with Gasteiger partial charge in [0, 0.05) is 23.7 Å². The smallest absolute Gasteiger partial charge is 0.316 e. The molecule has 0 aromatic heterocycles. The van der Waals surface area contributed by atoms with Gasteiger partial charge < -0.3 is 9.64 Å². The fourth-order valence-corrected chi connectivity index (χ4v) is 7.23. The van der Waals surface area contributed by atoms with Crippen LogP contribution in [0.3, 0.4) is 0 Å². The second-order valence-electron chi connectivity index (χ2n) is 10.9. The van der Waals surface area contributed by atoms with Crippen LogP contribution >= 0.6 is 11.6 Å². The van der Waals surface area contributed by atoms with Crippen molar-refractivity contribution in [3.05, 3.63) is 65.2 Å². The summed E-state index contributed by atoms with van der Waals surface area (Å²) in [5.41, 5.74) is 1.98. The van der Waals surface area contributed by atoms with Crippen molar-refractivity contribution < 1.29 is 23.9 Å². The lowest BCUT2D eigenvalue weighted by Crippen LogP contribution is -2.40. The van der Waals surface area contributed by atoms with Gasteiger partial charge in [0.15, 0.2) is 0 Å². The molecular weight excluding hydrogens is 492 g/mol. The van der Waals surface area contributed by atoms with Crippen molar-refractivity contribution in [2.75, 3.05) is 16.3 Å². The van der Waals surface area contributed by atoms with E-state index in [0.717, 1.165) is 12.0 Å². The molecule has 2 saturated carbocycles. The molecule has 6 aliphatic rings. The third-order valence-electron chi connectivity index (χ3n) is 8.96. The predicted octanol–water partition coefficient (Wildman–Crippen LogP) is 4.16. The Morgan fingerprint density at radius 2 is 1.59 bits per heavy atom. The quantitative estimate of drug-likeness (QED) is 0.264. The Morgan fingerprint density at radius 3 is 2.24 bits per heavy atom. The normalized spacial score (nSPS) is 33.1. The Balaban J connectivity index is 1.04. The number of rotatable bonds is 4. The number of imide groups is 1. The van der Waals surface area contributed by atoms with Crippen LogP contribution in [-0.4, -0.2) is 30.2 Å². The highest BCUT2D eigenvalue weighted by Gasteiger charge is 2.67. The highest BCUT2D eigenvalue weighted by molar-refractivity contribution is 6.31. The van der Waals surface area contributed by atoms with E-state index in [0.29, 0.717) is 34.0 Å². The number of anilines is 2. The zero-order valence-electron chi connectivity index (χ0n) is 20.2.